The first-order valence-corrected chi connectivity index (χ1v) is 7.13. The van der Waals surface area contributed by atoms with Crippen LogP contribution in [0.1, 0.15) is 58.6 Å². The third-order valence-electron chi connectivity index (χ3n) is 3.63. The maximum atomic E-state index is 10.1. The van der Waals surface area contributed by atoms with Gasteiger partial charge >= 0.3 is 0 Å². The fraction of sp³-hybridized carbons (Fsp3) is 0.625. The molecule has 106 valence electrons. The summed E-state index contributed by atoms with van der Waals surface area (Å²) < 4.78 is 11.9. The molecule has 1 heterocycles. The van der Waals surface area contributed by atoms with Gasteiger partial charge in [0.2, 0.25) is 0 Å². The Hall–Kier alpha value is -1.22. The fourth-order valence-electron chi connectivity index (χ4n) is 2.51. The maximum Gasteiger partial charge on any atom is 0.129 e. The number of fused-ring (bicyclic) bond motifs is 1. The van der Waals surface area contributed by atoms with Crippen LogP contribution in [0, 0.1) is 0 Å². The first-order chi connectivity index (χ1) is 8.95. The molecule has 0 aliphatic carbocycles. The van der Waals surface area contributed by atoms with Crippen LogP contribution in [0.5, 0.6) is 11.5 Å². The van der Waals surface area contributed by atoms with Crippen LogP contribution >= 0.6 is 0 Å². The summed E-state index contributed by atoms with van der Waals surface area (Å²) in [6.45, 7) is 8.23. The van der Waals surface area contributed by atoms with Gasteiger partial charge in [-0.25, -0.2) is 0 Å². The van der Waals surface area contributed by atoms with Crippen LogP contribution in [0.3, 0.4) is 0 Å². The Morgan fingerprint density at radius 1 is 1.37 bits per heavy atom. The standard InChI is InChI=1S/C16H24O3/c1-5-11(6-2)18-12-7-8-13-14(17)10-16(3,4)19-15(13)9-12/h7-9,11,14,17H,5-6,10H2,1-4H3. The first kappa shape index (κ1) is 14.2. The average molecular weight is 264 g/mol. The average Bonchev–Trinajstić information content (AvgIpc) is 2.34. The van der Waals surface area contributed by atoms with Crippen molar-refractivity contribution in [2.45, 2.75) is 64.8 Å². The van der Waals surface area contributed by atoms with Gasteiger partial charge in [0.05, 0.1) is 12.2 Å². The summed E-state index contributed by atoms with van der Waals surface area (Å²) in [6.07, 6.45) is 2.37. The van der Waals surface area contributed by atoms with Gasteiger partial charge in [0.25, 0.3) is 0 Å². The van der Waals surface area contributed by atoms with E-state index in [2.05, 4.69) is 13.8 Å². The molecule has 0 spiro atoms. The van der Waals surface area contributed by atoms with Gasteiger partial charge in [0.15, 0.2) is 0 Å². The van der Waals surface area contributed by atoms with Crippen molar-refractivity contribution in [1.29, 1.82) is 0 Å². The summed E-state index contributed by atoms with van der Waals surface area (Å²) in [5, 5.41) is 10.1. The van der Waals surface area contributed by atoms with Crippen LogP contribution < -0.4 is 9.47 Å². The van der Waals surface area contributed by atoms with Crippen molar-refractivity contribution in [3.05, 3.63) is 23.8 Å². The predicted molar refractivity (Wildman–Crippen MR) is 75.7 cm³/mol. The van der Waals surface area contributed by atoms with Gasteiger partial charge in [-0.05, 0) is 38.8 Å². The van der Waals surface area contributed by atoms with Crippen LogP contribution in [0.15, 0.2) is 18.2 Å². The topological polar surface area (TPSA) is 38.7 Å². The Balaban J connectivity index is 2.23. The minimum Gasteiger partial charge on any atom is -0.490 e. The molecule has 1 N–H and O–H groups in total. The third kappa shape index (κ3) is 3.21. The summed E-state index contributed by atoms with van der Waals surface area (Å²) in [6, 6.07) is 5.73. The molecule has 0 amide bonds. The van der Waals surface area contributed by atoms with Crippen molar-refractivity contribution in [3.8, 4) is 11.5 Å². The first-order valence-electron chi connectivity index (χ1n) is 7.13. The number of hydrogen-bond donors (Lipinski definition) is 1. The summed E-state index contributed by atoms with van der Waals surface area (Å²) >= 11 is 0. The van der Waals surface area contributed by atoms with Crippen molar-refractivity contribution >= 4 is 0 Å². The largest absolute Gasteiger partial charge is 0.490 e. The molecule has 0 saturated carbocycles. The molecule has 3 nitrogen and oxygen atoms in total. The van der Waals surface area contributed by atoms with E-state index in [1.54, 1.807) is 0 Å². The van der Waals surface area contributed by atoms with E-state index in [1.165, 1.54) is 0 Å². The number of aliphatic hydroxyl groups excluding tert-OH is 1. The second-order valence-electron chi connectivity index (χ2n) is 5.84. The van der Waals surface area contributed by atoms with E-state index in [4.69, 9.17) is 9.47 Å². The third-order valence-corrected chi connectivity index (χ3v) is 3.63. The van der Waals surface area contributed by atoms with E-state index >= 15 is 0 Å². The van der Waals surface area contributed by atoms with E-state index in [9.17, 15) is 5.11 Å². The number of rotatable bonds is 4. The van der Waals surface area contributed by atoms with Crippen LogP contribution in [0.2, 0.25) is 0 Å². The zero-order valence-corrected chi connectivity index (χ0v) is 12.3. The van der Waals surface area contributed by atoms with Gasteiger partial charge in [0.1, 0.15) is 17.1 Å². The highest BCUT2D eigenvalue weighted by atomic mass is 16.5. The number of ether oxygens (including phenoxy) is 2. The predicted octanol–water partition coefficient (Wildman–Crippen LogP) is 3.85. The van der Waals surface area contributed by atoms with Crippen molar-refractivity contribution in [2.24, 2.45) is 0 Å². The molecule has 1 aromatic rings. The molecule has 1 unspecified atom stereocenters. The molecule has 0 saturated heterocycles. The van der Waals surface area contributed by atoms with Crippen LogP contribution in [0.4, 0.5) is 0 Å². The Morgan fingerprint density at radius 2 is 2.05 bits per heavy atom. The van der Waals surface area contributed by atoms with Crippen molar-refractivity contribution in [2.75, 3.05) is 0 Å². The Bertz CT molecular complexity index is 436. The molecule has 0 bridgehead atoms. The van der Waals surface area contributed by atoms with E-state index in [0.717, 1.165) is 29.9 Å². The zero-order valence-electron chi connectivity index (χ0n) is 12.3. The Morgan fingerprint density at radius 3 is 2.68 bits per heavy atom. The highest BCUT2D eigenvalue weighted by Gasteiger charge is 2.32. The zero-order chi connectivity index (χ0) is 14.0. The van der Waals surface area contributed by atoms with E-state index in [0.29, 0.717) is 6.42 Å². The Labute approximate surface area is 115 Å². The number of hydrogen-bond acceptors (Lipinski definition) is 3. The van der Waals surface area contributed by atoms with E-state index in [-0.39, 0.29) is 11.7 Å². The van der Waals surface area contributed by atoms with E-state index in [1.807, 2.05) is 32.0 Å². The SMILES string of the molecule is CCC(CC)Oc1ccc2c(c1)OC(C)(C)CC2O. The molecule has 1 aliphatic heterocycles. The fourth-order valence-corrected chi connectivity index (χ4v) is 2.51. The smallest absolute Gasteiger partial charge is 0.129 e. The number of benzene rings is 1. The molecular formula is C16H24O3. The molecule has 1 aromatic carbocycles. The maximum absolute atomic E-state index is 10.1. The quantitative estimate of drug-likeness (QED) is 0.897. The molecule has 2 rings (SSSR count). The minimum atomic E-state index is -0.457. The molecule has 1 aliphatic rings. The van der Waals surface area contributed by atoms with Crippen molar-refractivity contribution in [3.63, 3.8) is 0 Å². The molecule has 0 aromatic heterocycles. The van der Waals surface area contributed by atoms with Gasteiger partial charge < -0.3 is 14.6 Å². The molecule has 0 fully saturated rings. The second-order valence-corrected chi connectivity index (χ2v) is 5.84. The monoisotopic (exact) mass is 264 g/mol. The van der Waals surface area contributed by atoms with Gasteiger partial charge in [-0.2, -0.15) is 0 Å². The Kier molecular flexibility index (Phi) is 4.04. The molecule has 0 radical (unpaired) electrons. The number of aliphatic hydroxyl groups is 1. The second kappa shape index (κ2) is 5.41. The van der Waals surface area contributed by atoms with Gasteiger partial charge in [-0.3, -0.25) is 0 Å². The lowest BCUT2D eigenvalue weighted by molar-refractivity contribution is 0.0112. The van der Waals surface area contributed by atoms with Gasteiger partial charge in [-0.1, -0.05) is 13.8 Å². The lowest BCUT2D eigenvalue weighted by atomic mass is 9.92. The van der Waals surface area contributed by atoms with Crippen LogP contribution in [-0.4, -0.2) is 16.8 Å². The van der Waals surface area contributed by atoms with Crippen molar-refractivity contribution < 1.29 is 14.6 Å². The summed E-state index contributed by atoms with van der Waals surface area (Å²) in [5.74, 6) is 1.56. The molecule has 3 heteroatoms. The summed E-state index contributed by atoms with van der Waals surface area (Å²) in [4.78, 5) is 0. The highest BCUT2D eigenvalue weighted by Crippen LogP contribution is 2.41. The van der Waals surface area contributed by atoms with Crippen molar-refractivity contribution in [1.82, 2.24) is 0 Å². The summed E-state index contributed by atoms with van der Waals surface area (Å²) in [5.41, 5.74) is 0.524. The van der Waals surface area contributed by atoms with Crippen LogP contribution in [0.25, 0.3) is 0 Å². The molecule has 19 heavy (non-hydrogen) atoms. The van der Waals surface area contributed by atoms with E-state index < -0.39 is 6.10 Å². The summed E-state index contributed by atoms with van der Waals surface area (Å²) in [7, 11) is 0. The minimum absolute atomic E-state index is 0.236. The molecular weight excluding hydrogens is 240 g/mol. The normalized spacial score (nSPS) is 20.8. The highest BCUT2D eigenvalue weighted by molar-refractivity contribution is 5.43. The lowest BCUT2D eigenvalue weighted by Gasteiger charge is -2.35. The van der Waals surface area contributed by atoms with Gasteiger partial charge in [-0.15, -0.1) is 0 Å². The van der Waals surface area contributed by atoms with Crippen LogP contribution in [-0.2, 0) is 0 Å². The lowest BCUT2D eigenvalue weighted by Crippen LogP contribution is -2.34. The molecule has 1 atom stereocenters. The van der Waals surface area contributed by atoms with Gasteiger partial charge in [0, 0.05) is 18.1 Å².